The van der Waals surface area contributed by atoms with Crippen LogP contribution in [0.25, 0.3) is 11.1 Å². The molecule has 0 bridgehead atoms. The maximum atomic E-state index is 12.2. The van der Waals surface area contributed by atoms with E-state index in [0.29, 0.717) is 17.6 Å². The Kier molecular flexibility index (Phi) is 5.99. The molecule has 1 saturated heterocycles. The maximum absolute atomic E-state index is 12.2. The van der Waals surface area contributed by atoms with Crippen molar-refractivity contribution in [3.05, 3.63) is 59.6 Å². The number of rotatable bonds is 6. The summed E-state index contributed by atoms with van der Waals surface area (Å²) < 4.78 is 5.19. The third kappa shape index (κ3) is 4.59. The van der Waals surface area contributed by atoms with Gasteiger partial charge in [-0.05, 0) is 36.6 Å². The number of hydrogen-bond donors (Lipinski definition) is 1. The Bertz CT molecular complexity index is 1060. The second kappa shape index (κ2) is 8.85. The maximum Gasteiger partial charge on any atom is 0.417 e. The van der Waals surface area contributed by atoms with Crippen molar-refractivity contribution in [1.29, 1.82) is 0 Å². The number of ether oxygens (including phenoxy) is 1. The fourth-order valence-electron chi connectivity index (χ4n) is 3.37. The molecule has 160 valence electrons. The van der Waals surface area contributed by atoms with E-state index in [2.05, 4.69) is 25.3 Å². The minimum absolute atomic E-state index is 0.109. The number of amides is 1. The van der Waals surface area contributed by atoms with Gasteiger partial charge in [-0.2, -0.15) is 4.98 Å². The predicted octanol–water partition coefficient (Wildman–Crippen LogP) is 4.74. The number of hydrogen-bond acceptors (Lipinski definition) is 7. The summed E-state index contributed by atoms with van der Waals surface area (Å²) >= 11 is 5.96. The number of aromatic nitrogens is 4. The van der Waals surface area contributed by atoms with Gasteiger partial charge < -0.3 is 10.1 Å². The molecular weight excluding hydrogens is 416 g/mol. The van der Waals surface area contributed by atoms with E-state index in [-0.39, 0.29) is 23.9 Å². The van der Waals surface area contributed by atoms with Crippen LogP contribution < -0.4 is 10.2 Å². The molecule has 8 nitrogen and oxygen atoms in total. The summed E-state index contributed by atoms with van der Waals surface area (Å²) in [4.78, 5) is 31.0. The van der Waals surface area contributed by atoms with Gasteiger partial charge in [0, 0.05) is 16.8 Å². The number of pyridine rings is 1. The number of halogens is 1. The molecule has 2 atom stereocenters. The first-order valence-electron chi connectivity index (χ1n) is 10.1. The van der Waals surface area contributed by atoms with E-state index in [1.54, 1.807) is 0 Å². The Morgan fingerprint density at radius 2 is 1.81 bits per heavy atom. The number of anilines is 2. The van der Waals surface area contributed by atoms with Crippen molar-refractivity contribution in [2.75, 3.05) is 16.8 Å². The van der Waals surface area contributed by atoms with Gasteiger partial charge in [0.25, 0.3) is 0 Å². The monoisotopic (exact) mass is 438 g/mol. The van der Waals surface area contributed by atoms with Crippen molar-refractivity contribution in [2.24, 2.45) is 5.92 Å². The third-order valence-electron chi connectivity index (χ3n) is 5.20. The summed E-state index contributed by atoms with van der Waals surface area (Å²) in [5, 5.41) is 3.93. The Morgan fingerprint density at radius 1 is 1.06 bits per heavy atom. The van der Waals surface area contributed by atoms with Crippen LogP contribution in [0.4, 0.5) is 16.7 Å². The lowest BCUT2D eigenvalue weighted by molar-refractivity contribution is 0.177. The molecule has 0 unspecified atom stereocenters. The van der Waals surface area contributed by atoms with Crippen molar-refractivity contribution in [3.63, 3.8) is 0 Å². The Morgan fingerprint density at radius 3 is 2.48 bits per heavy atom. The fraction of sp³-hybridized carbons (Fsp3) is 0.318. The minimum atomic E-state index is -0.441. The molecule has 1 N–H and O–H groups in total. The largest absolute Gasteiger partial charge is 0.447 e. The van der Waals surface area contributed by atoms with E-state index in [0.717, 1.165) is 16.8 Å². The molecule has 4 rings (SSSR count). The first kappa shape index (κ1) is 21.0. The number of nitrogens with one attached hydrogen (secondary N) is 1. The number of cyclic esters (lactones) is 1. The minimum Gasteiger partial charge on any atom is -0.447 e. The Balaban J connectivity index is 1.49. The summed E-state index contributed by atoms with van der Waals surface area (Å²) in [6, 6.07) is 11.3. The molecule has 3 heterocycles. The van der Waals surface area contributed by atoms with Gasteiger partial charge in [-0.15, -0.1) is 0 Å². The van der Waals surface area contributed by atoms with Crippen molar-refractivity contribution in [3.8, 4) is 11.1 Å². The molecule has 9 heteroatoms. The van der Waals surface area contributed by atoms with Gasteiger partial charge in [0.2, 0.25) is 11.9 Å². The SMILES string of the molecule is CC(C)[C@H]1COC(=O)N1c1ncnc(N[C@@H](C)c2ccc(-c3ccc(Cl)cc3)cn2)n1. The van der Waals surface area contributed by atoms with Crippen LogP contribution in [0.15, 0.2) is 48.9 Å². The molecule has 3 aromatic rings. The first-order valence-corrected chi connectivity index (χ1v) is 10.4. The second-order valence-electron chi connectivity index (χ2n) is 7.71. The zero-order chi connectivity index (χ0) is 22.0. The van der Waals surface area contributed by atoms with E-state index in [1.807, 2.05) is 63.4 Å². The third-order valence-corrected chi connectivity index (χ3v) is 5.46. The molecule has 0 radical (unpaired) electrons. The molecule has 0 saturated carbocycles. The highest BCUT2D eigenvalue weighted by molar-refractivity contribution is 6.30. The van der Waals surface area contributed by atoms with Gasteiger partial charge in [0.05, 0.1) is 17.8 Å². The van der Waals surface area contributed by atoms with Crippen molar-refractivity contribution in [2.45, 2.75) is 32.9 Å². The topological polar surface area (TPSA) is 93.1 Å². The highest BCUT2D eigenvalue weighted by Gasteiger charge is 2.38. The van der Waals surface area contributed by atoms with Gasteiger partial charge in [-0.1, -0.05) is 43.6 Å². The van der Waals surface area contributed by atoms with E-state index in [1.165, 1.54) is 11.2 Å². The number of carbonyl (C=O) groups excluding carboxylic acids is 1. The lowest BCUT2D eigenvalue weighted by Crippen LogP contribution is -2.38. The second-order valence-corrected chi connectivity index (χ2v) is 8.15. The zero-order valence-corrected chi connectivity index (χ0v) is 18.2. The van der Waals surface area contributed by atoms with Crippen LogP contribution >= 0.6 is 11.6 Å². The highest BCUT2D eigenvalue weighted by Crippen LogP contribution is 2.26. The van der Waals surface area contributed by atoms with Crippen LogP contribution in [-0.4, -0.2) is 38.7 Å². The molecule has 1 aromatic carbocycles. The van der Waals surface area contributed by atoms with Gasteiger partial charge in [-0.25, -0.2) is 19.7 Å². The summed E-state index contributed by atoms with van der Waals surface area (Å²) in [7, 11) is 0. The normalized spacial score (nSPS) is 17.0. The lowest BCUT2D eigenvalue weighted by Gasteiger charge is -2.22. The van der Waals surface area contributed by atoms with Crippen molar-refractivity contribution < 1.29 is 9.53 Å². The molecule has 2 aromatic heterocycles. The average Bonchev–Trinajstić information content (AvgIpc) is 3.16. The standard InChI is InChI=1S/C22H23ClN6O2/c1-13(2)19-11-31-22(30)29(19)21-26-12-25-20(28-21)27-14(3)18-9-6-16(10-24-18)15-4-7-17(23)8-5-15/h4-10,12-14,19H,11H2,1-3H3,(H,25,26,27,28)/t14-,19+/m0/s1. The molecule has 31 heavy (non-hydrogen) atoms. The summed E-state index contributed by atoms with van der Waals surface area (Å²) in [5.41, 5.74) is 2.88. The zero-order valence-electron chi connectivity index (χ0n) is 17.5. The quantitative estimate of drug-likeness (QED) is 0.593. The molecule has 0 spiro atoms. The van der Waals surface area contributed by atoms with Gasteiger partial charge in [0.1, 0.15) is 12.9 Å². The van der Waals surface area contributed by atoms with E-state index in [9.17, 15) is 4.79 Å². The van der Waals surface area contributed by atoms with Crippen molar-refractivity contribution in [1.82, 2.24) is 19.9 Å². The summed E-state index contributed by atoms with van der Waals surface area (Å²) in [6.07, 6.45) is 2.77. The van der Waals surface area contributed by atoms with Gasteiger partial charge in [-0.3, -0.25) is 4.98 Å². The van der Waals surface area contributed by atoms with Crippen LogP contribution in [0.1, 0.15) is 32.5 Å². The molecule has 0 aliphatic carbocycles. The summed E-state index contributed by atoms with van der Waals surface area (Å²) in [5.74, 6) is 0.849. The van der Waals surface area contributed by atoms with E-state index >= 15 is 0 Å². The first-order chi connectivity index (χ1) is 14.9. The molecule has 1 amide bonds. The predicted molar refractivity (Wildman–Crippen MR) is 119 cm³/mol. The number of benzene rings is 1. The molecule has 1 fully saturated rings. The Labute approximate surface area is 185 Å². The van der Waals surface area contributed by atoms with Crippen LogP contribution in [0.3, 0.4) is 0 Å². The van der Waals surface area contributed by atoms with E-state index in [4.69, 9.17) is 16.3 Å². The van der Waals surface area contributed by atoms with Crippen LogP contribution in [-0.2, 0) is 4.74 Å². The number of carbonyl (C=O) groups is 1. The van der Waals surface area contributed by atoms with Crippen molar-refractivity contribution >= 4 is 29.6 Å². The van der Waals surface area contributed by atoms with E-state index < -0.39 is 6.09 Å². The van der Waals surface area contributed by atoms with Crippen LogP contribution in [0.2, 0.25) is 5.02 Å². The fourth-order valence-corrected chi connectivity index (χ4v) is 3.50. The highest BCUT2D eigenvalue weighted by atomic mass is 35.5. The Hall–Kier alpha value is -3.26. The van der Waals surface area contributed by atoms with Crippen LogP contribution in [0, 0.1) is 5.92 Å². The molecule has 1 aliphatic rings. The van der Waals surface area contributed by atoms with Crippen LogP contribution in [0.5, 0.6) is 0 Å². The number of nitrogens with zero attached hydrogens (tertiary/aromatic N) is 5. The average molecular weight is 439 g/mol. The summed E-state index contributed by atoms with van der Waals surface area (Å²) in [6.45, 7) is 6.35. The van der Waals surface area contributed by atoms with Gasteiger partial charge in [0.15, 0.2) is 0 Å². The van der Waals surface area contributed by atoms with Gasteiger partial charge >= 0.3 is 6.09 Å². The smallest absolute Gasteiger partial charge is 0.417 e. The lowest BCUT2D eigenvalue weighted by atomic mass is 10.1. The molecular formula is C22H23ClN6O2. The molecule has 1 aliphatic heterocycles.